The van der Waals surface area contributed by atoms with Crippen molar-refractivity contribution in [2.24, 2.45) is 4.99 Å². The highest BCUT2D eigenvalue weighted by atomic mass is 35.5. The van der Waals surface area contributed by atoms with Gasteiger partial charge in [0.2, 0.25) is 5.88 Å². The molecule has 1 aromatic heterocycles. The molecule has 144 valence electrons. The lowest BCUT2D eigenvalue weighted by atomic mass is 10.1. The first-order chi connectivity index (χ1) is 13.9. The lowest BCUT2D eigenvalue weighted by molar-refractivity contribution is 0.432. The predicted molar refractivity (Wildman–Crippen MR) is 115 cm³/mol. The van der Waals surface area contributed by atoms with Gasteiger partial charge in [-0.15, -0.1) is 0 Å². The second kappa shape index (κ2) is 7.62. The molecule has 0 radical (unpaired) electrons. The quantitative estimate of drug-likeness (QED) is 0.346. The molecule has 8 heteroatoms. The summed E-state index contributed by atoms with van der Waals surface area (Å²) < 4.78 is 14.6. The Morgan fingerprint density at radius 3 is 2.62 bits per heavy atom. The van der Waals surface area contributed by atoms with Gasteiger partial charge >= 0.3 is 0 Å². The third-order valence-electron chi connectivity index (χ3n) is 4.36. The Kier molecular flexibility index (Phi) is 5.00. The Morgan fingerprint density at radius 1 is 1.10 bits per heavy atom. The van der Waals surface area contributed by atoms with Crippen LogP contribution in [0.3, 0.4) is 0 Å². The van der Waals surface area contributed by atoms with Gasteiger partial charge < -0.3 is 5.11 Å². The normalized spacial score (nSPS) is 11.4. The second-order valence-corrected chi connectivity index (χ2v) is 7.01. The van der Waals surface area contributed by atoms with E-state index < -0.39 is 17.3 Å². The molecular weight excluding hydrogens is 413 g/mol. The number of nitrogens with one attached hydrogen (secondary N) is 1. The number of aromatic nitrogens is 2. The van der Waals surface area contributed by atoms with Crippen LogP contribution in [0, 0.1) is 10.6 Å². The summed E-state index contributed by atoms with van der Waals surface area (Å²) >= 11 is 11.0. The summed E-state index contributed by atoms with van der Waals surface area (Å²) in [4.78, 5) is 19.1. The average molecular weight is 426 g/mol. The molecule has 0 amide bonds. The second-order valence-electron chi connectivity index (χ2n) is 6.22. The van der Waals surface area contributed by atoms with Crippen molar-refractivity contribution >= 4 is 46.5 Å². The van der Waals surface area contributed by atoms with E-state index in [1.54, 1.807) is 6.07 Å². The zero-order chi connectivity index (χ0) is 20.5. The van der Waals surface area contributed by atoms with Crippen molar-refractivity contribution < 1.29 is 9.50 Å². The summed E-state index contributed by atoms with van der Waals surface area (Å²) in [5.74, 6) is -1.03. The number of fused-ring (bicyclic) bond motifs is 1. The zero-order valence-electron chi connectivity index (χ0n) is 14.8. The van der Waals surface area contributed by atoms with E-state index in [2.05, 4.69) is 9.98 Å². The van der Waals surface area contributed by atoms with E-state index in [1.165, 1.54) is 22.9 Å². The van der Waals surface area contributed by atoms with Crippen LogP contribution in [0.15, 0.2) is 70.5 Å². The topological polar surface area (TPSA) is 70.4 Å². The molecule has 0 saturated carbocycles. The molecule has 0 atom stereocenters. The lowest BCUT2D eigenvalue weighted by Gasteiger charge is -2.11. The van der Waals surface area contributed by atoms with Crippen molar-refractivity contribution in [1.29, 1.82) is 0 Å². The maximum Gasteiger partial charge on any atom is 0.264 e. The first-order valence-electron chi connectivity index (χ1n) is 8.50. The standard InChI is InChI=1S/C21H13ClFN3O2S/c22-17-10-15(7-8-18(17)23)26-20(28)16(19(27)25-21(26)29)11-24-14-6-5-12-3-1-2-4-13(12)9-14/h1-11,28H,(H,25,27,29). The average Bonchev–Trinajstić information content (AvgIpc) is 2.70. The van der Waals surface area contributed by atoms with Crippen LogP contribution >= 0.6 is 23.8 Å². The highest BCUT2D eigenvalue weighted by Crippen LogP contribution is 2.24. The van der Waals surface area contributed by atoms with Crippen LogP contribution in [0.4, 0.5) is 10.1 Å². The third-order valence-corrected chi connectivity index (χ3v) is 4.93. The van der Waals surface area contributed by atoms with Crippen molar-refractivity contribution in [1.82, 2.24) is 9.55 Å². The number of halogens is 2. The molecule has 0 aliphatic carbocycles. The van der Waals surface area contributed by atoms with Gasteiger partial charge in [0.1, 0.15) is 11.4 Å². The highest BCUT2D eigenvalue weighted by molar-refractivity contribution is 7.71. The van der Waals surface area contributed by atoms with Crippen LogP contribution in [-0.2, 0) is 0 Å². The van der Waals surface area contributed by atoms with Crippen LogP contribution in [0.1, 0.15) is 5.56 Å². The number of aliphatic imine (C=N–C) groups is 1. The van der Waals surface area contributed by atoms with E-state index in [9.17, 15) is 14.3 Å². The molecule has 4 rings (SSSR count). The van der Waals surface area contributed by atoms with Gasteiger partial charge in [-0.3, -0.25) is 19.3 Å². The van der Waals surface area contributed by atoms with Crippen LogP contribution in [0.25, 0.3) is 16.5 Å². The Bertz CT molecular complexity index is 1400. The van der Waals surface area contributed by atoms with Crippen molar-refractivity contribution in [2.45, 2.75) is 0 Å². The summed E-state index contributed by atoms with van der Waals surface area (Å²) in [6, 6.07) is 17.2. The molecule has 0 saturated heterocycles. The first-order valence-corrected chi connectivity index (χ1v) is 9.29. The molecular formula is C21H13ClFN3O2S. The van der Waals surface area contributed by atoms with Crippen molar-refractivity contribution in [3.8, 4) is 11.6 Å². The number of nitrogens with zero attached hydrogens (tertiary/aromatic N) is 2. The van der Waals surface area contributed by atoms with Crippen LogP contribution in [0.5, 0.6) is 5.88 Å². The number of aromatic amines is 1. The van der Waals surface area contributed by atoms with E-state index >= 15 is 0 Å². The summed E-state index contributed by atoms with van der Waals surface area (Å²) in [5, 5.41) is 12.6. The fraction of sp³-hybridized carbons (Fsp3) is 0. The van der Waals surface area contributed by atoms with Gasteiger partial charge in [-0.25, -0.2) is 4.39 Å². The molecule has 3 aromatic carbocycles. The van der Waals surface area contributed by atoms with E-state index in [1.807, 2.05) is 36.4 Å². The molecule has 0 spiro atoms. The largest absolute Gasteiger partial charge is 0.494 e. The van der Waals surface area contributed by atoms with E-state index in [4.69, 9.17) is 23.8 Å². The Hall–Kier alpha value is -3.29. The van der Waals surface area contributed by atoms with Gasteiger partial charge in [0.05, 0.1) is 16.4 Å². The molecule has 0 unspecified atom stereocenters. The molecule has 29 heavy (non-hydrogen) atoms. The number of hydrogen-bond donors (Lipinski definition) is 2. The van der Waals surface area contributed by atoms with Gasteiger partial charge in [0, 0.05) is 6.21 Å². The lowest BCUT2D eigenvalue weighted by Crippen LogP contribution is -2.18. The number of H-pyrrole nitrogens is 1. The summed E-state index contributed by atoms with van der Waals surface area (Å²) in [6.07, 6.45) is 1.26. The monoisotopic (exact) mass is 425 g/mol. The van der Waals surface area contributed by atoms with Gasteiger partial charge in [0.25, 0.3) is 5.56 Å². The Labute approximate surface area is 174 Å². The number of aromatic hydroxyl groups is 1. The molecule has 5 nitrogen and oxygen atoms in total. The van der Waals surface area contributed by atoms with Crippen molar-refractivity contribution in [3.05, 3.63) is 92.2 Å². The molecule has 1 heterocycles. The van der Waals surface area contributed by atoms with Crippen LogP contribution in [-0.4, -0.2) is 20.9 Å². The third kappa shape index (κ3) is 3.70. The minimum Gasteiger partial charge on any atom is -0.494 e. The van der Waals surface area contributed by atoms with Crippen molar-refractivity contribution in [3.63, 3.8) is 0 Å². The van der Waals surface area contributed by atoms with Crippen molar-refractivity contribution in [2.75, 3.05) is 0 Å². The Balaban J connectivity index is 1.81. The number of rotatable bonds is 3. The minimum atomic E-state index is -0.607. The summed E-state index contributed by atoms with van der Waals surface area (Å²) in [5.41, 5.74) is 0.227. The first kappa shape index (κ1) is 19.0. The Morgan fingerprint density at radius 2 is 1.86 bits per heavy atom. The van der Waals surface area contributed by atoms with Gasteiger partial charge in [-0.1, -0.05) is 41.9 Å². The van der Waals surface area contributed by atoms with Crippen LogP contribution in [0.2, 0.25) is 5.02 Å². The van der Waals surface area contributed by atoms with Gasteiger partial charge in [-0.05, 0) is 53.3 Å². The van der Waals surface area contributed by atoms with Gasteiger partial charge in [-0.2, -0.15) is 0 Å². The molecule has 0 aliphatic rings. The fourth-order valence-electron chi connectivity index (χ4n) is 2.91. The number of benzene rings is 3. The number of hydrogen-bond acceptors (Lipinski definition) is 4. The fourth-order valence-corrected chi connectivity index (χ4v) is 3.37. The maximum absolute atomic E-state index is 13.5. The molecule has 0 aliphatic heterocycles. The molecule has 2 N–H and O–H groups in total. The smallest absolute Gasteiger partial charge is 0.264 e. The molecule has 0 fully saturated rings. The highest BCUT2D eigenvalue weighted by Gasteiger charge is 2.14. The van der Waals surface area contributed by atoms with E-state index in [0.717, 1.165) is 16.8 Å². The predicted octanol–water partition coefficient (Wildman–Crippen LogP) is 5.30. The molecule has 0 bridgehead atoms. The SMILES string of the molecule is O=c1[nH]c(=S)n(-c2ccc(F)c(Cl)c2)c(O)c1C=Nc1ccc2ccccc2c1. The zero-order valence-corrected chi connectivity index (χ0v) is 16.3. The minimum absolute atomic E-state index is 0.0574. The summed E-state index contributed by atoms with van der Waals surface area (Å²) in [7, 11) is 0. The maximum atomic E-state index is 13.5. The van der Waals surface area contributed by atoms with E-state index in [0.29, 0.717) is 11.4 Å². The summed E-state index contributed by atoms with van der Waals surface area (Å²) in [6.45, 7) is 0. The molecule has 4 aromatic rings. The van der Waals surface area contributed by atoms with Gasteiger partial charge in [0.15, 0.2) is 4.77 Å². The van der Waals surface area contributed by atoms with Crippen LogP contribution < -0.4 is 5.56 Å². The van der Waals surface area contributed by atoms with E-state index in [-0.39, 0.29) is 15.4 Å².